The third-order valence-corrected chi connectivity index (χ3v) is 4.55. The van der Waals surface area contributed by atoms with Crippen molar-refractivity contribution >= 4 is 22.6 Å². The second kappa shape index (κ2) is 6.33. The number of aryl methyl sites for hydroxylation is 1. The normalized spacial score (nSPS) is 13.7. The van der Waals surface area contributed by atoms with Crippen LogP contribution < -0.4 is 10.5 Å². The van der Waals surface area contributed by atoms with E-state index < -0.39 is 23.1 Å². The molecule has 1 aromatic heterocycles. The molecule has 26 heavy (non-hydrogen) atoms. The molecule has 0 atom stereocenters. The maximum atomic E-state index is 14.3. The smallest absolute Gasteiger partial charge is 0.269 e. The standard InChI is InChI=1S/C19H15F2N3O2/c20-13-8-12-4-3-7-23(19(12)14(21)9-13)18(26)11-24-16-6-2-1-5-15(16)22-10-17(24)25/h1-2,5-6,8-10H,3-4,7,11H2. The van der Waals surface area contributed by atoms with Gasteiger partial charge in [0, 0.05) is 12.6 Å². The number of aromatic nitrogens is 2. The zero-order valence-corrected chi connectivity index (χ0v) is 13.8. The van der Waals surface area contributed by atoms with Gasteiger partial charge in [-0.2, -0.15) is 0 Å². The second-order valence-corrected chi connectivity index (χ2v) is 6.22. The number of carbonyl (C=O) groups is 1. The molecule has 0 radical (unpaired) electrons. The fourth-order valence-electron chi connectivity index (χ4n) is 3.40. The lowest BCUT2D eigenvalue weighted by Gasteiger charge is -2.30. The SMILES string of the molecule is O=C(Cn1c(=O)cnc2ccccc21)N1CCCc2cc(F)cc(F)c21. The summed E-state index contributed by atoms with van der Waals surface area (Å²) in [5.74, 6) is -1.85. The number of fused-ring (bicyclic) bond motifs is 2. The van der Waals surface area contributed by atoms with E-state index in [4.69, 9.17) is 0 Å². The Morgan fingerprint density at radius 1 is 1.19 bits per heavy atom. The van der Waals surface area contributed by atoms with Gasteiger partial charge in [-0.25, -0.2) is 13.8 Å². The topological polar surface area (TPSA) is 55.2 Å². The van der Waals surface area contributed by atoms with Crippen molar-refractivity contribution < 1.29 is 13.6 Å². The van der Waals surface area contributed by atoms with E-state index in [9.17, 15) is 18.4 Å². The van der Waals surface area contributed by atoms with Gasteiger partial charge in [-0.3, -0.25) is 14.2 Å². The molecule has 1 aliphatic rings. The van der Waals surface area contributed by atoms with Gasteiger partial charge in [-0.05, 0) is 36.6 Å². The maximum Gasteiger partial charge on any atom is 0.269 e. The summed E-state index contributed by atoms with van der Waals surface area (Å²) in [6.07, 6.45) is 2.27. The lowest BCUT2D eigenvalue weighted by molar-refractivity contribution is -0.119. The Labute approximate surface area is 147 Å². The van der Waals surface area contributed by atoms with Gasteiger partial charge in [-0.1, -0.05) is 12.1 Å². The molecular formula is C19H15F2N3O2. The summed E-state index contributed by atoms with van der Waals surface area (Å²) in [5, 5.41) is 0. The predicted molar refractivity (Wildman–Crippen MR) is 93.0 cm³/mol. The number of halogens is 2. The van der Waals surface area contributed by atoms with E-state index >= 15 is 0 Å². The molecule has 3 aromatic rings. The molecular weight excluding hydrogens is 340 g/mol. The predicted octanol–water partition coefficient (Wildman–Crippen LogP) is 2.65. The molecule has 132 valence electrons. The van der Waals surface area contributed by atoms with E-state index in [1.165, 1.54) is 15.5 Å². The Morgan fingerprint density at radius 3 is 2.85 bits per heavy atom. The molecule has 0 N–H and O–H groups in total. The highest BCUT2D eigenvalue weighted by Gasteiger charge is 2.27. The van der Waals surface area contributed by atoms with Crippen LogP contribution in [0.25, 0.3) is 11.0 Å². The lowest BCUT2D eigenvalue weighted by atomic mass is 10.0. The van der Waals surface area contributed by atoms with Crippen molar-refractivity contribution in [1.82, 2.24) is 9.55 Å². The summed E-state index contributed by atoms with van der Waals surface area (Å²) >= 11 is 0. The molecule has 1 aliphatic heterocycles. The average Bonchev–Trinajstić information content (AvgIpc) is 2.63. The van der Waals surface area contributed by atoms with Gasteiger partial charge >= 0.3 is 0 Å². The van der Waals surface area contributed by atoms with Gasteiger partial charge in [-0.15, -0.1) is 0 Å². The van der Waals surface area contributed by atoms with Crippen LogP contribution in [-0.4, -0.2) is 22.0 Å². The fourth-order valence-corrected chi connectivity index (χ4v) is 3.40. The van der Waals surface area contributed by atoms with Gasteiger partial charge in [0.15, 0.2) is 0 Å². The minimum Gasteiger partial charge on any atom is -0.308 e. The van der Waals surface area contributed by atoms with Crippen molar-refractivity contribution in [2.24, 2.45) is 0 Å². The van der Waals surface area contributed by atoms with Crippen LogP contribution in [0.2, 0.25) is 0 Å². The highest BCUT2D eigenvalue weighted by molar-refractivity contribution is 5.95. The van der Waals surface area contributed by atoms with Gasteiger partial charge in [0.25, 0.3) is 5.56 Å². The van der Waals surface area contributed by atoms with E-state index in [1.54, 1.807) is 24.3 Å². The van der Waals surface area contributed by atoms with Crippen LogP contribution in [0.1, 0.15) is 12.0 Å². The summed E-state index contributed by atoms with van der Waals surface area (Å²) < 4.78 is 29.1. The summed E-state index contributed by atoms with van der Waals surface area (Å²) in [6, 6.07) is 9.02. The van der Waals surface area contributed by atoms with Crippen molar-refractivity contribution in [3.63, 3.8) is 0 Å². The quantitative estimate of drug-likeness (QED) is 0.710. The Bertz CT molecular complexity index is 1080. The molecule has 1 amide bonds. The molecule has 4 rings (SSSR count). The minimum atomic E-state index is -0.764. The van der Waals surface area contributed by atoms with Gasteiger partial charge in [0.2, 0.25) is 5.91 Å². The molecule has 2 aromatic carbocycles. The van der Waals surface area contributed by atoms with E-state index in [0.717, 1.165) is 12.3 Å². The zero-order chi connectivity index (χ0) is 18.3. The Balaban J connectivity index is 1.74. The molecule has 0 bridgehead atoms. The van der Waals surface area contributed by atoms with Crippen molar-refractivity contribution in [3.8, 4) is 0 Å². The first kappa shape index (κ1) is 16.4. The summed E-state index contributed by atoms with van der Waals surface area (Å²) in [7, 11) is 0. The van der Waals surface area contributed by atoms with Crippen molar-refractivity contribution in [2.75, 3.05) is 11.4 Å². The van der Waals surface area contributed by atoms with Crippen LogP contribution in [0.3, 0.4) is 0 Å². The van der Waals surface area contributed by atoms with E-state index in [1.807, 2.05) is 0 Å². The number of hydrogen-bond acceptors (Lipinski definition) is 3. The molecule has 5 nitrogen and oxygen atoms in total. The lowest BCUT2D eigenvalue weighted by Crippen LogP contribution is -2.40. The van der Waals surface area contributed by atoms with Crippen LogP contribution in [0.15, 0.2) is 47.4 Å². The molecule has 2 heterocycles. The van der Waals surface area contributed by atoms with Crippen LogP contribution in [0.5, 0.6) is 0 Å². The van der Waals surface area contributed by atoms with Crippen LogP contribution in [0, 0.1) is 11.6 Å². The first-order valence-electron chi connectivity index (χ1n) is 8.27. The highest BCUT2D eigenvalue weighted by Crippen LogP contribution is 2.31. The zero-order valence-electron chi connectivity index (χ0n) is 13.8. The summed E-state index contributed by atoms with van der Waals surface area (Å²) in [4.78, 5) is 30.4. The Kier molecular flexibility index (Phi) is 3.99. The maximum absolute atomic E-state index is 14.3. The van der Waals surface area contributed by atoms with E-state index in [2.05, 4.69) is 4.98 Å². The summed E-state index contributed by atoms with van der Waals surface area (Å²) in [5.41, 5.74) is 1.29. The number of nitrogens with zero attached hydrogens (tertiary/aromatic N) is 3. The highest BCUT2D eigenvalue weighted by atomic mass is 19.1. The van der Waals surface area contributed by atoms with E-state index in [-0.39, 0.29) is 12.2 Å². The number of hydrogen-bond donors (Lipinski definition) is 0. The number of amides is 1. The average molecular weight is 355 g/mol. The number of anilines is 1. The van der Waals surface area contributed by atoms with Gasteiger partial charge < -0.3 is 4.90 Å². The third kappa shape index (κ3) is 2.75. The van der Waals surface area contributed by atoms with Crippen LogP contribution in [0.4, 0.5) is 14.5 Å². The number of rotatable bonds is 2. The van der Waals surface area contributed by atoms with Crippen LogP contribution >= 0.6 is 0 Å². The molecule has 0 saturated carbocycles. The molecule has 0 unspecified atom stereocenters. The third-order valence-electron chi connectivity index (χ3n) is 4.55. The second-order valence-electron chi connectivity index (χ2n) is 6.22. The summed E-state index contributed by atoms with van der Waals surface area (Å²) in [6.45, 7) is 0.0876. The number of benzene rings is 2. The molecule has 0 aliphatic carbocycles. The Hall–Kier alpha value is -3.09. The monoisotopic (exact) mass is 355 g/mol. The molecule has 7 heteroatoms. The molecule has 0 spiro atoms. The minimum absolute atomic E-state index is 0.106. The van der Waals surface area contributed by atoms with Crippen molar-refractivity contribution in [2.45, 2.75) is 19.4 Å². The first-order valence-corrected chi connectivity index (χ1v) is 8.27. The Morgan fingerprint density at radius 2 is 2.00 bits per heavy atom. The van der Waals surface area contributed by atoms with Gasteiger partial charge in [0.05, 0.1) is 22.9 Å². The molecule has 0 fully saturated rings. The largest absolute Gasteiger partial charge is 0.308 e. The number of carbonyl (C=O) groups excluding carboxylic acids is 1. The fraction of sp³-hybridized carbons (Fsp3) is 0.211. The van der Waals surface area contributed by atoms with Crippen LogP contribution in [-0.2, 0) is 17.8 Å². The van der Waals surface area contributed by atoms with Gasteiger partial charge in [0.1, 0.15) is 18.2 Å². The van der Waals surface area contributed by atoms with Crippen molar-refractivity contribution in [3.05, 3.63) is 70.1 Å². The number of para-hydroxylation sites is 2. The first-order chi connectivity index (χ1) is 12.5. The molecule has 0 saturated heterocycles. The van der Waals surface area contributed by atoms with E-state index in [0.29, 0.717) is 36.0 Å². The van der Waals surface area contributed by atoms with Crippen molar-refractivity contribution in [1.29, 1.82) is 0 Å².